The summed E-state index contributed by atoms with van der Waals surface area (Å²) in [6.07, 6.45) is 6.38. The normalized spacial score (nSPS) is 21.8. The summed E-state index contributed by atoms with van der Waals surface area (Å²) in [6, 6.07) is 17.6. The fourth-order valence-electron chi connectivity index (χ4n) is 6.54. The van der Waals surface area contributed by atoms with E-state index in [0.717, 1.165) is 70.3 Å². The Kier molecular flexibility index (Phi) is 8.04. The summed E-state index contributed by atoms with van der Waals surface area (Å²) in [5.41, 5.74) is 2.43. The number of hydrogen-bond donors (Lipinski definition) is 2. The summed E-state index contributed by atoms with van der Waals surface area (Å²) in [7, 11) is 0. The summed E-state index contributed by atoms with van der Waals surface area (Å²) >= 11 is 0. The molecule has 0 bridgehead atoms. The molecule has 38 heavy (non-hydrogen) atoms. The van der Waals surface area contributed by atoms with E-state index in [4.69, 9.17) is 0 Å². The molecule has 3 fully saturated rings. The van der Waals surface area contributed by atoms with Gasteiger partial charge in [0.15, 0.2) is 0 Å². The Hall–Kier alpha value is -3.30. The fraction of sp³-hybridized carbons (Fsp3) is 0.500. The highest BCUT2D eigenvalue weighted by molar-refractivity contribution is 5.83. The minimum absolute atomic E-state index is 0.0101. The monoisotopic (exact) mass is 513 g/mol. The van der Waals surface area contributed by atoms with Crippen LogP contribution in [0.1, 0.15) is 68.9 Å². The molecule has 0 radical (unpaired) electrons. The molecule has 2 atom stereocenters. The maximum atomic E-state index is 13.4. The lowest BCUT2D eigenvalue weighted by molar-refractivity contribution is -0.151. The highest BCUT2D eigenvalue weighted by Crippen LogP contribution is 2.44. The van der Waals surface area contributed by atoms with Gasteiger partial charge in [-0.25, -0.2) is 0 Å². The van der Waals surface area contributed by atoms with Gasteiger partial charge in [0.1, 0.15) is 5.75 Å². The Labute approximate surface area is 226 Å². The summed E-state index contributed by atoms with van der Waals surface area (Å²) < 4.78 is 0. The number of carbonyl (C=O) groups excluding carboxylic acids is 2. The molecule has 1 spiro atoms. The van der Waals surface area contributed by atoms with Crippen molar-refractivity contribution in [2.45, 2.75) is 76.4 Å². The van der Waals surface area contributed by atoms with Gasteiger partial charge in [-0.15, -0.1) is 5.92 Å². The Balaban J connectivity index is 1.07. The highest BCUT2D eigenvalue weighted by Gasteiger charge is 2.49. The molecule has 2 amide bonds. The lowest BCUT2D eigenvalue weighted by atomic mass is 9.67. The van der Waals surface area contributed by atoms with Crippen LogP contribution >= 0.6 is 0 Å². The molecule has 5 rings (SSSR count). The second kappa shape index (κ2) is 11.6. The van der Waals surface area contributed by atoms with Gasteiger partial charge in [0, 0.05) is 37.5 Å². The average molecular weight is 514 g/mol. The van der Waals surface area contributed by atoms with Gasteiger partial charge in [0.05, 0.1) is 12.0 Å². The highest BCUT2D eigenvalue weighted by atomic mass is 16.3. The Morgan fingerprint density at radius 1 is 1.05 bits per heavy atom. The Bertz CT molecular complexity index is 1170. The SMILES string of the molecule is CC#C[C@H](CC(=O)NC1CCC2(CC1)CN(C(=O)[C@H]1CCCN1Cc1ccccc1)C2)c1ccc(O)cc1. The van der Waals surface area contributed by atoms with Crippen molar-refractivity contribution >= 4 is 11.8 Å². The van der Waals surface area contributed by atoms with E-state index in [1.54, 1.807) is 19.1 Å². The first-order valence-corrected chi connectivity index (χ1v) is 14.0. The molecule has 2 aromatic carbocycles. The van der Waals surface area contributed by atoms with Crippen LogP contribution in [0.3, 0.4) is 0 Å². The quantitative estimate of drug-likeness (QED) is 0.537. The van der Waals surface area contributed by atoms with Gasteiger partial charge in [0.2, 0.25) is 11.8 Å². The molecule has 2 heterocycles. The number of aromatic hydroxyl groups is 1. The predicted molar refractivity (Wildman–Crippen MR) is 148 cm³/mol. The van der Waals surface area contributed by atoms with E-state index in [0.29, 0.717) is 12.3 Å². The van der Waals surface area contributed by atoms with Crippen molar-refractivity contribution in [3.8, 4) is 17.6 Å². The van der Waals surface area contributed by atoms with Crippen LogP contribution in [0.15, 0.2) is 54.6 Å². The van der Waals surface area contributed by atoms with E-state index in [9.17, 15) is 14.7 Å². The van der Waals surface area contributed by atoms with Crippen molar-refractivity contribution in [1.82, 2.24) is 15.1 Å². The molecule has 0 unspecified atom stereocenters. The smallest absolute Gasteiger partial charge is 0.239 e. The number of nitrogens with zero attached hydrogens (tertiary/aromatic N) is 2. The number of rotatable bonds is 7. The van der Waals surface area contributed by atoms with E-state index < -0.39 is 0 Å². The van der Waals surface area contributed by atoms with Crippen LogP contribution in [0.2, 0.25) is 0 Å². The zero-order valence-corrected chi connectivity index (χ0v) is 22.4. The molecule has 2 aliphatic heterocycles. The second-order valence-corrected chi connectivity index (χ2v) is 11.4. The number of benzene rings is 2. The maximum absolute atomic E-state index is 13.4. The van der Waals surface area contributed by atoms with Crippen molar-refractivity contribution in [2.75, 3.05) is 19.6 Å². The van der Waals surface area contributed by atoms with Crippen LogP contribution in [0.4, 0.5) is 0 Å². The zero-order valence-electron chi connectivity index (χ0n) is 22.4. The summed E-state index contributed by atoms with van der Waals surface area (Å²) in [6.45, 7) is 5.33. The van der Waals surface area contributed by atoms with Crippen molar-refractivity contribution in [1.29, 1.82) is 0 Å². The number of hydrogen-bond acceptors (Lipinski definition) is 4. The third kappa shape index (κ3) is 6.05. The van der Waals surface area contributed by atoms with Crippen LogP contribution in [0, 0.1) is 17.3 Å². The minimum atomic E-state index is -0.182. The first-order valence-electron chi connectivity index (χ1n) is 14.0. The molecule has 1 saturated carbocycles. The molecule has 6 nitrogen and oxygen atoms in total. The largest absolute Gasteiger partial charge is 0.508 e. The van der Waals surface area contributed by atoms with Crippen molar-refractivity contribution in [3.63, 3.8) is 0 Å². The molecule has 200 valence electrons. The number of carbonyl (C=O) groups is 2. The molecular weight excluding hydrogens is 474 g/mol. The van der Waals surface area contributed by atoms with Crippen LogP contribution in [-0.4, -0.2) is 58.4 Å². The maximum Gasteiger partial charge on any atom is 0.239 e. The molecule has 3 aliphatic rings. The average Bonchev–Trinajstić information content (AvgIpc) is 3.36. The van der Waals surface area contributed by atoms with Crippen molar-refractivity contribution in [3.05, 3.63) is 65.7 Å². The van der Waals surface area contributed by atoms with E-state index in [1.165, 1.54) is 5.56 Å². The number of phenolic OH excluding ortho intramolecular Hbond substituents is 1. The number of likely N-dealkylation sites (tertiary alicyclic amines) is 2. The van der Waals surface area contributed by atoms with Gasteiger partial charge in [-0.1, -0.05) is 48.4 Å². The van der Waals surface area contributed by atoms with Crippen molar-refractivity contribution in [2.24, 2.45) is 5.41 Å². The lowest BCUT2D eigenvalue weighted by Crippen LogP contribution is -2.63. The number of phenols is 1. The number of amides is 2. The van der Waals surface area contributed by atoms with Gasteiger partial charge < -0.3 is 15.3 Å². The zero-order chi connectivity index (χ0) is 26.5. The second-order valence-electron chi connectivity index (χ2n) is 11.4. The Morgan fingerprint density at radius 2 is 1.76 bits per heavy atom. The van der Waals surface area contributed by atoms with Gasteiger partial charge in [-0.05, 0) is 75.3 Å². The van der Waals surface area contributed by atoms with Gasteiger partial charge >= 0.3 is 0 Å². The van der Waals surface area contributed by atoms with Gasteiger partial charge in [0.25, 0.3) is 0 Å². The van der Waals surface area contributed by atoms with Gasteiger partial charge in [-0.3, -0.25) is 14.5 Å². The van der Waals surface area contributed by atoms with Crippen LogP contribution in [0.25, 0.3) is 0 Å². The van der Waals surface area contributed by atoms with Crippen LogP contribution in [0.5, 0.6) is 5.75 Å². The third-order valence-corrected chi connectivity index (χ3v) is 8.66. The summed E-state index contributed by atoms with van der Waals surface area (Å²) in [5.74, 6) is 6.43. The predicted octanol–water partition coefficient (Wildman–Crippen LogP) is 4.44. The molecule has 2 N–H and O–H groups in total. The topological polar surface area (TPSA) is 72.9 Å². The van der Waals surface area contributed by atoms with Gasteiger partial charge in [-0.2, -0.15) is 0 Å². The molecule has 2 saturated heterocycles. The fourth-order valence-corrected chi connectivity index (χ4v) is 6.54. The first kappa shape index (κ1) is 26.3. The summed E-state index contributed by atoms with van der Waals surface area (Å²) in [4.78, 5) is 30.6. The molecular formula is C32H39N3O3. The lowest BCUT2D eigenvalue weighted by Gasteiger charge is -2.54. The molecule has 1 aliphatic carbocycles. The van der Waals surface area contributed by atoms with Crippen molar-refractivity contribution < 1.29 is 14.7 Å². The minimum Gasteiger partial charge on any atom is -0.508 e. The van der Waals surface area contributed by atoms with Crippen LogP contribution in [-0.2, 0) is 16.1 Å². The Morgan fingerprint density at radius 3 is 2.45 bits per heavy atom. The molecule has 2 aromatic rings. The first-order chi connectivity index (χ1) is 18.4. The van der Waals surface area contributed by atoms with E-state index >= 15 is 0 Å². The van der Waals surface area contributed by atoms with E-state index in [-0.39, 0.29) is 35.1 Å². The molecule has 6 heteroatoms. The number of nitrogens with one attached hydrogen (secondary N) is 1. The van der Waals surface area contributed by atoms with E-state index in [1.807, 2.05) is 18.2 Å². The standard InChI is InChI=1S/C32H39N3O3/c1-2-7-26(25-11-13-28(36)14-12-25)20-30(37)33-27-15-17-32(18-16-27)22-35(23-32)31(38)29-10-6-19-34(29)21-24-8-4-3-5-9-24/h3-5,8-9,11-14,26-27,29,36H,6,10,15-23H2,1H3,(H,33,37)/t26-,29-/m1/s1. The molecule has 0 aromatic heterocycles. The summed E-state index contributed by atoms with van der Waals surface area (Å²) in [5, 5.41) is 12.8. The van der Waals surface area contributed by atoms with E-state index in [2.05, 4.69) is 51.2 Å². The van der Waals surface area contributed by atoms with Crippen LogP contribution < -0.4 is 5.32 Å². The third-order valence-electron chi connectivity index (χ3n) is 8.66.